The summed E-state index contributed by atoms with van der Waals surface area (Å²) in [7, 11) is 1.35. The standard InChI is InChI=1S/C24H19N4O3/c1-30-24(29)18-6-3-7-20(14-18)31-19-10-8-17(9-11-19)23-27-22(16-4-2-5-16)21-15-26-12-13-28(21,23)25/h2-15H,25H2,1H3/q+1. The molecule has 1 unspecified atom stereocenters. The Morgan fingerprint density at radius 2 is 1.90 bits per heavy atom. The Morgan fingerprint density at radius 1 is 1.10 bits per heavy atom. The van der Waals surface area contributed by atoms with E-state index in [0.29, 0.717) is 22.9 Å². The number of amidine groups is 1. The maximum absolute atomic E-state index is 11.7. The predicted molar refractivity (Wildman–Crippen MR) is 117 cm³/mol. The van der Waals surface area contributed by atoms with Crippen LogP contribution in [-0.2, 0) is 4.74 Å². The van der Waals surface area contributed by atoms with Crippen molar-refractivity contribution in [3.05, 3.63) is 107 Å². The van der Waals surface area contributed by atoms with E-state index < -0.39 is 5.97 Å². The first-order chi connectivity index (χ1) is 15.1. The summed E-state index contributed by atoms with van der Waals surface area (Å²) >= 11 is 0. The molecule has 0 saturated carbocycles. The van der Waals surface area contributed by atoms with E-state index in [4.69, 9.17) is 20.3 Å². The number of carbonyl (C=O) groups excluding carboxylic acids is 1. The van der Waals surface area contributed by atoms with Crippen LogP contribution in [0.3, 0.4) is 0 Å². The van der Waals surface area contributed by atoms with E-state index in [1.165, 1.54) is 7.11 Å². The van der Waals surface area contributed by atoms with Crippen molar-refractivity contribution in [1.29, 1.82) is 0 Å². The third-order valence-corrected chi connectivity index (χ3v) is 5.22. The van der Waals surface area contributed by atoms with Crippen LogP contribution in [0.25, 0.3) is 0 Å². The van der Waals surface area contributed by atoms with Crippen molar-refractivity contribution in [2.75, 3.05) is 7.11 Å². The molecule has 1 atom stereocenters. The van der Waals surface area contributed by atoms with Crippen LogP contribution >= 0.6 is 0 Å². The Labute approximate surface area is 179 Å². The van der Waals surface area contributed by atoms with Gasteiger partial charge in [-0.05, 0) is 42.5 Å². The highest BCUT2D eigenvalue weighted by Crippen LogP contribution is 2.36. The molecule has 0 bridgehead atoms. The molecular weight excluding hydrogens is 392 g/mol. The van der Waals surface area contributed by atoms with Crippen molar-refractivity contribution in [2.45, 2.75) is 0 Å². The van der Waals surface area contributed by atoms with Crippen LogP contribution in [0, 0.1) is 0 Å². The van der Waals surface area contributed by atoms with Crippen LogP contribution in [0.5, 0.6) is 11.5 Å². The molecule has 152 valence electrons. The molecule has 0 saturated heterocycles. The molecule has 3 aliphatic rings. The number of carbonyl (C=O) groups is 1. The molecule has 1 aliphatic carbocycles. The van der Waals surface area contributed by atoms with Gasteiger partial charge in [0.2, 0.25) is 5.70 Å². The van der Waals surface area contributed by atoms with Crippen LogP contribution in [0.4, 0.5) is 0 Å². The lowest BCUT2D eigenvalue weighted by Gasteiger charge is -2.26. The van der Waals surface area contributed by atoms with Gasteiger partial charge < -0.3 is 9.47 Å². The largest absolute Gasteiger partial charge is 0.465 e. The number of esters is 1. The maximum Gasteiger partial charge on any atom is 0.337 e. The fourth-order valence-corrected chi connectivity index (χ4v) is 3.55. The van der Waals surface area contributed by atoms with Gasteiger partial charge in [-0.3, -0.25) is 4.99 Å². The van der Waals surface area contributed by atoms with Gasteiger partial charge in [0.15, 0.2) is 0 Å². The number of benzene rings is 2. The number of nitrogens with two attached hydrogens (primary N) is 1. The van der Waals surface area contributed by atoms with E-state index in [9.17, 15) is 4.79 Å². The van der Waals surface area contributed by atoms with Crippen molar-refractivity contribution in [1.82, 2.24) is 0 Å². The van der Waals surface area contributed by atoms with Gasteiger partial charge >= 0.3 is 5.97 Å². The van der Waals surface area contributed by atoms with Gasteiger partial charge in [-0.2, -0.15) is 10.8 Å². The summed E-state index contributed by atoms with van der Waals surface area (Å²) in [6, 6.07) is 14.4. The molecule has 31 heavy (non-hydrogen) atoms. The van der Waals surface area contributed by atoms with Gasteiger partial charge in [0.05, 0.1) is 30.7 Å². The van der Waals surface area contributed by atoms with Crippen molar-refractivity contribution < 1.29 is 18.9 Å². The lowest BCUT2D eigenvalue weighted by Crippen LogP contribution is -2.53. The SMILES string of the molecule is COC(=O)c1cccc(Oc2ccc(C3=NC(C4=CC=C4)=C4C=NC=C[N+]34N)cc2)c1. The lowest BCUT2D eigenvalue weighted by molar-refractivity contribution is -0.750. The zero-order valence-electron chi connectivity index (χ0n) is 16.7. The summed E-state index contributed by atoms with van der Waals surface area (Å²) in [6.07, 6.45) is 11.2. The summed E-state index contributed by atoms with van der Waals surface area (Å²) in [5.74, 6) is 8.17. The average molecular weight is 411 g/mol. The van der Waals surface area contributed by atoms with E-state index in [1.54, 1.807) is 36.7 Å². The third-order valence-electron chi connectivity index (χ3n) is 5.22. The van der Waals surface area contributed by atoms with Crippen LogP contribution in [-0.4, -0.2) is 29.7 Å². The number of nitrogens with zero attached hydrogens (tertiary/aromatic N) is 3. The normalized spacial score (nSPS) is 20.7. The Bertz CT molecular complexity index is 1270. The number of quaternary nitrogens is 1. The molecule has 0 spiro atoms. The molecule has 7 heteroatoms. The Morgan fingerprint density at radius 3 is 2.61 bits per heavy atom. The third kappa shape index (κ3) is 3.22. The number of ether oxygens (including phenoxy) is 2. The van der Waals surface area contributed by atoms with Gasteiger partial charge in [0.25, 0.3) is 5.84 Å². The number of fused-ring (bicyclic) bond motifs is 1. The molecule has 2 heterocycles. The second-order valence-corrected chi connectivity index (χ2v) is 7.15. The van der Waals surface area contributed by atoms with Crippen molar-refractivity contribution in [3.63, 3.8) is 0 Å². The molecule has 0 radical (unpaired) electrons. The molecule has 2 aromatic rings. The topological polar surface area (TPSA) is 86.3 Å². The van der Waals surface area contributed by atoms with E-state index >= 15 is 0 Å². The predicted octanol–water partition coefficient (Wildman–Crippen LogP) is 3.98. The van der Waals surface area contributed by atoms with Crippen molar-refractivity contribution >= 4 is 18.0 Å². The number of methoxy groups -OCH3 is 1. The van der Waals surface area contributed by atoms with Gasteiger partial charge in [-0.1, -0.05) is 24.3 Å². The maximum atomic E-state index is 11.7. The molecule has 5 rings (SSSR count). The highest BCUT2D eigenvalue weighted by molar-refractivity contribution is 6.01. The van der Waals surface area contributed by atoms with Crippen LogP contribution in [0.1, 0.15) is 15.9 Å². The Kier molecular flexibility index (Phi) is 4.47. The lowest BCUT2D eigenvalue weighted by atomic mass is 10.0. The van der Waals surface area contributed by atoms with E-state index in [-0.39, 0.29) is 4.59 Å². The summed E-state index contributed by atoms with van der Waals surface area (Å²) in [5.41, 5.74) is 3.98. The second kappa shape index (κ2) is 7.32. The molecule has 0 fully saturated rings. The Hall–Kier alpha value is -4.07. The van der Waals surface area contributed by atoms with Crippen LogP contribution in [0.15, 0.2) is 106 Å². The first-order valence-electron chi connectivity index (χ1n) is 9.66. The highest BCUT2D eigenvalue weighted by atomic mass is 16.5. The molecule has 2 N–H and O–H groups in total. The van der Waals surface area contributed by atoms with Gasteiger partial charge in [-0.15, -0.1) is 4.59 Å². The number of aliphatic imine (C=N–C) groups is 2. The highest BCUT2D eigenvalue weighted by Gasteiger charge is 2.44. The minimum Gasteiger partial charge on any atom is -0.465 e. The van der Waals surface area contributed by atoms with Gasteiger partial charge in [0.1, 0.15) is 23.4 Å². The summed E-state index contributed by atoms with van der Waals surface area (Å²) in [5, 5.41) is 0. The van der Waals surface area contributed by atoms with Crippen LogP contribution < -0.4 is 10.6 Å². The van der Waals surface area contributed by atoms with Gasteiger partial charge in [-0.25, -0.2) is 4.79 Å². The Balaban J connectivity index is 1.41. The summed E-state index contributed by atoms with van der Waals surface area (Å²) in [4.78, 5) is 20.8. The fraction of sp³-hybridized carbons (Fsp3) is 0.0417. The van der Waals surface area contributed by atoms with E-state index in [2.05, 4.69) is 4.99 Å². The molecule has 7 nitrogen and oxygen atoms in total. The summed E-state index contributed by atoms with van der Waals surface area (Å²) in [6.45, 7) is 0. The molecule has 2 aliphatic heterocycles. The monoisotopic (exact) mass is 411 g/mol. The van der Waals surface area contributed by atoms with Crippen LogP contribution in [0.2, 0.25) is 0 Å². The zero-order chi connectivity index (χ0) is 21.4. The minimum absolute atomic E-state index is 0.0363. The second-order valence-electron chi connectivity index (χ2n) is 7.15. The molecule has 0 aromatic heterocycles. The quantitative estimate of drug-likeness (QED) is 0.458. The average Bonchev–Trinajstić information content (AvgIpc) is 3.05. The van der Waals surface area contributed by atoms with Gasteiger partial charge in [0, 0.05) is 5.57 Å². The number of hydrogen-bond donors (Lipinski definition) is 1. The summed E-state index contributed by atoms with van der Waals surface area (Å²) < 4.78 is 10.6. The van der Waals surface area contributed by atoms with E-state index in [0.717, 1.165) is 22.5 Å². The minimum atomic E-state index is -0.411. The first kappa shape index (κ1) is 18.9. The first-order valence-corrected chi connectivity index (χ1v) is 9.66. The molecular formula is C24H19N4O3+. The number of rotatable bonds is 5. The smallest absolute Gasteiger partial charge is 0.337 e. The van der Waals surface area contributed by atoms with E-state index in [1.807, 2.05) is 48.7 Å². The zero-order valence-corrected chi connectivity index (χ0v) is 16.7. The molecule has 2 aromatic carbocycles. The van der Waals surface area contributed by atoms with Crippen molar-refractivity contribution in [2.24, 2.45) is 15.8 Å². The van der Waals surface area contributed by atoms with Crippen molar-refractivity contribution in [3.8, 4) is 11.5 Å². The number of allylic oxidation sites excluding steroid dienone is 4. The fourth-order valence-electron chi connectivity index (χ4n) is 3.55. The number of hydrogen-bond acceptors (Lipinski definition) is 6. The molecule has 0 amide bonds.